The van der Waals surface area contributed by atoms with Gasteiger partial charge in [0.1, 0.15) is 5.82 Å². The summed E-state index contributed by atoms with van der Waals surface area (Å²) in [7, 11) is 0. The minimum atomic E-state index is -0.186. The minimum Gasteiger partial charge on any atom is -0.356 e. The molecule has 1 N–H and O–H groups in total. The van der Waals surface area contributed by atoms with E-state index in [1.54, 1.807) is 18.5 Å². The van der Waals surface area contributed by atoms with Gasteiger partial charge in [0.2, 0.25) is 5.78 Å². The van der Waals surface area contributed by atoms with E-state index in [0.717, 1.165) is 40.8 Å². The number of carbonyl (C=O) groups is 1. The standard InChI is InChI=1S/C31H31N7O/c39-29(21-10-13-33-27(18-21)25-20-32-19-22-6-2-3-7-24(22)25)31-34-26-8-9-28(35-30(26)36-31)38-16-11-23(12-17-38)37-14-4-1-5-15-37/h2-3,6-10,13,18-20,23H,1,4-5,11-12,14-17H2,(H,34,35,36). The Morgan fingerprint density at radius 2 is 1.74 bits per heavy atom. The summed E-state index contributed by atoms with van der Waals surface area (Å²) in [6, 6.07) is 16.3. The van der Waals surface area contributed by atoms with Crippen molar-refractivity contribution < 1.29 is 4.79 Å². The topological polar surface area (TPSA) is 90.9 Å². The molecule has 6 heterocycles. The third-order valence-electron chi connectivity index (χ3n) is 8.21. The Kier molecular flexibility index (Phi) is 6.25. The number of benzene rings is 1. The molecule has 0 aliphatic carbocycles. The number of pyridine rings is 3. The van der Waals surface area contributed by atoms with Crippen LogP contribution in [0, 0.1) is 0 Å². The molecule has 0 radical (unpaired) electrons. The molecule has 196 valence electrons. The van der Waals surface area contributed by atoms with Crippen molar-refractivity contribution in [3.63, 3.8) is 0 Å². The number of carbonyl (C=O) groups excluding carboxylic acids is 1. The molecule has 2 fully saturated rings. The summed E-state index contributed by atoms with van der Waals surface area (Å²) in [5.41, 5.74) is 3.45. The molecule has 8 heteroatoms. The molecule has 2 saturated heterocycles. The lowest BCUT2D eigenvalue weighted by molar-refractivity contribution is 0.103. The minimum absolute atomic E-state index is 0.186. The average molecular weight is 518 g/mol. The van der Waals surface area contributed by atoms with Crippen LogP contribution in [0.15, 0.2) is 67.1 Å². The highest BCUT2D eigenvalue weighted by Gasteiger charge is 2.26. The molecule has 0 unspecified atom stereocenters. The monoisotopic (exact) mass is 517 g/mol. The molecule has 0 bridgehead atoms. The molecule has 0 saturated carbocycles. The lowest BCUT2D eigenvalue weighted by Crippen LogP contribution is -2.46. The van der Waals surface area contributed by atoms with E-state index in [1.807, 2.05) is 48.7 Å². The maximum absolute atomic E-state index is 13.5. The maximum Gasteiger partial charge on any atom is 0.228 e. The number of hydrogen-bond donors (Lipinski definition) is 1. The fraction of sp³-hybridized carbons (Fsp3) is 0.323. The Balaban J connectivity index is 1.11. The normalized spacial score (nSPS) is 17.2. The zero-order chi connectivity index (χ0) is 26.2. The van der Waals surface area contributed by atoms with Gasteiger partial charge in [0.25, 0.3) is 0 Å². The van der Waals surface area contributed by atoms with Crippen LogP contribution >= 0.6 is 0 Å². The Morgan fingerprint density at radius 3 is 2.62 bits per heavy atom. The van der Waals surface area contributed by atoms with Gasteiger partial charge in [-0.25, -0.2) is 9.97 Å². The fourth-order valence-corrected chi connectivity index (χ4v) is 6.09. The van der Waals surface area contributed by atoms with E-state index in [-0.39, 0.29) is 11.6 Å². The Labute approximate surface area is 227 Å². The first-order valence-electron chi connectivity index (χ1n) is 13.9. The van der Waals surface area contributed by atoms with Gasteiger partial charge in [0.05, 0.1) is 11.2 Å². The number of H-pyrrole nitrogens is 1. The van der Waals surface area contributed by atoms with Crippen LogP contribution in [0.5, 0.6) is 0 Å². The van der Waals surface area contributed by atoms with E-state index in [9.17, 15) is 4.79 Å². The summed E-state index contributed by atoms with van der Waals surface area (Å²) in [4.78, 5) is 40.0. The number of rotatable bonds is 5. The van der Waals surface area contributed by atoms with Gasteiger partial charge in [-0.2, -0.15) is 0 Å². The van der Waals surface area contributed by atoms with Crippen LogP contribution in [0.4, 0.5) is 5.82 Å². The number of fused-ring (bicyclic) bond motifs is 2. The quantitative estimate of drug-likeness (QED) is 0.318. The number of piperidine rings is 2. The molecular formula is C31H31N7O. The summed E-state index contributed by atoms with van der Waals surface area (Å²) < 4.78 is 0. The molecule has 7 rings (SSSR count). The van der Waals surface area contributed by atoms with E-state index in [1.165, 1.54) is 45.2 Å². The lowest BCUT2D eigenvalue weighted by Gasteiger charge is -2.40. The number of hydrogen-bond acceptors (Lipinski definition) is 7. The van der Waals surface area contributed by atoms with E-state index in [0.29, 0.717) is 22.9 Å². The van der Waals surface area contributed by atoms with Gasteiger partial charge < -0.3 is 14.8 Å². The molecular weight excluding hydrogens is 486 g/mol. The molecule has 0 atom stereocenters. The Morgan fingerprint density at radius 1 is 0.897 bits per heavy atom. The summed E-state index contributed by atoms with van der Waals surface area (Å²) in [5, 5.41) is 2.08. The van der Waals surface area contributed by atoms with Crippen molar-refractivity contribution in [1.29, 1.82) is 0 Å². The zero-order valence-corrected chi connectivity index (χ0v) is 21.9. The third-order valence-corrected chi connectivity index (χ3v) is 8.21. The fourth-order valence-electron chi connectivity index (χ4n) is 6.09. The first-order valence-corrected chi connectivity index (χ1v) is 13.9. The molecule has 2 aliphatic heterocycles. The lowest BCUT2D eigenvalue weighted by atomic mass is 10.00. The number of aromatic amines is 1. The molecule has 4 aromatic heterocycles. The first kappa shape index (κ1) is 23.9. The van der Waals surface area contributed by atoms with Crippen molar-refractivity contribution in [2.24, 2.45) is 0 Å². The van der Waals surface area contributed by atoms with Crippen molar-refractivity contribution >= 4 is 33.5 Å². The average Bonchev–Trinajstić information content (AvgIpc) is 3.45. The van der Waals surface area contributed by atoms with Gasteiger partial charge in [0.15, 0.2) is 11.5 Å². The molecule has 39 heavy (non-hydrogen) atoms. The summed E-state index contributed by atoms with van der Waals surface area (Å²) in [6.07, 6.45) is 11.7. The third kappa shape index (κ3) is 4.65. The highest BCUT2D eigenvalue weighted by molar-refractivity contribution is 6.08. The van der Waals surface area contributed by atoms with Crippen LogP contribution in [0.2, 0.25) is 0 Å². The number of aromatic nitrogens is 5. The largest absolute Gasteiger partial charge is 0.356 e. The van der Waals surface area contributed by atoms with Gasteiger partial charge in [-0.1, -0.05) is 30.7 Å². The second-order valence-electron chi connectivity index (χ2n) is 10.6. The Bertz CT molecular complexity index is 1640. The molecule has 0 spiro atoms. The van der Waals surface area contributed by atoms with Gasteiger partial charge in [-0.3, -0.25) is 14.8 Å². The highest BCUT2D eigenvalue weighted by atomic mass is 16.1. The SMILES string of the molecule is O=C(c1ccnc(-c2cncc3ccccc23)c1)c1nc2nc(N3CCC(N4CCCCC4)CC3)ccc2[nH]1. The number of imidazole rings is 1. The van der Waals surface area contributed by atoms with Gasteiger partial charge in [0, 0.05) is 54.2 Å². The van der Waals surface area contributed by atoms with Crippen LogP contribution in [-0.4, -0.2) is 67.8 Å². The van der Waals surface area contributed by atoms with E-state index in [2.05, 4.69) is 29.7 Å². The summed E-state index contributed by atoms with van der Waals surface area (Å²) in [6.45, 7) is 4.49. The summed E-state index contributed by atoms with van der Waals surface area (Å²) >= 11 is 0. The number of ketones is 1. The molecule has 2 aliphatic rings. The van der Waals surface area contributed by atoms with E-state index >= 15 is 0 Å². The van der Waals surface area contributed by atoms with Crippen molar-refractivity contribution in [2.75, 3.05) is 31.1 Å². The van der Waals surface area contributed by atoms with Crippen LogP contribution in [0.3, 0.4) is 0 Å². The molecule has 8 nitrogen and oxygen atoms in total. The predicted molar refractivity (Wildman–Crippen MR) is 153 cm³/mol. The van der Waals surface area contributed by atoms with Crippen LogP contribution in [0.1, 0.15) is 48.3 Å². The first-order chi connectivity index (χ1) is 19.2. The van der Waals surface area contributed by atoms with Gasteiger partial charge in [-0.15, -0.1) is 0 Å². The number of nitrogens with one attached hydrogen (secondary N) is 1. The number of likely N-dealkylation sites (tertiary alicyclic amines) is 1. The second kappa shape index (κ2) is 10.2. The maximum atomic E-state index is 13.5. The molecule has 5 aromatic rings. The second-order valence-corrected chi connectivity index (χ2v) is 10.6. The Hall–Kier alpha value is -4.17. The van der Waals surface area contributed by atoms with Crippen molar-refractivity contribution in [1.82, 2.24) is 29.8 Å². The predicted octanol–water partition coefficient (Wildman–Crippen LogP) is 5.25. The van der Waals surface area contributed by atoms with Crippen LogP contribution < -0.4 is 4.90 Å². The van der Waals surface area contributed by atoms with E-state index in [4.69, 9.17) is 4.98 Å². The zero-order valence-electron chi connectivity index (χ0n) is 21.9. The van der Waals surface area contributed by atoms with Crippen molar-refractivity contribution in [3.05, 3.63) is 78.5 Å². The number of anilines is 1. The summed E-state index contributed by atoms with van der Waals surface area (Å²) in [5.74, 6) is 1.03. The van der Waals surface area contributed by atoms with Gasteiger partial charge >= 0.3 is 0 Å². The van der Waals surface area contributed by atoms with Crippen LogP contribution in [-0.2, 0) is 0 Å². The smallest absolute Gasteiger partial charge is 0.228 e. The van der Waals surface area contributed by atoms with Crippen molar-refractivity contribution in [3.8, 4) is 11.3 Å². The van der Waals surface area contributed by atoms with Crippen molar-refractivity contribution in [2.45, 2.75) is 38.1 Å². The van der Waals surface area contributed by atoms with Crippen LogP contribution in [0.25, 0.3) is 33.2 Å². The van der Waals surface area contributed by atoms with E-state index < -0.39 is 0 Å². The highest BCUT2D eigenvalue weighted by Crippen LogP contribution is 2.28. The molecule has 0 amide bonds. The number of nitrogens with zero attached hydrogens (tertiary/aromatic N) is 6. The van der Waals surface area contributed by atoms with Gasteiger partial charge in [-0.05, 0) is 68.4 Å². The molecule has 1 aromatic carbocycles.